The van der Waals surface area contributed by atoms with Gasteiger partial charge in [-0.05, 0) is 6.42 Å². The van der Waals surface area contributed by atoms with Crippen LogP contribution >= 0.6 is 0 Å². The summed E-state index contributed by atoms with van der Waals surface area (Å²) in [6.07, 6.45) is 4.01. The molecule has 1 heterocycles. The zero-order valence-corrected chi connectivity index (χ0v) is 11.8. The molecule has 106 valence electrons. The fourth-order valence-corrected chi connectivity index (χ4v) is 1.75. The van der Waals surface area contributed by atoms with Crippen molar-refractivity contribution in [2.45, 2.75) is 32.7 Å². The molecule has 1 unspecified atom stereocenters. The number of ketones is 1. The molecule has 0 saturated carbocycles. The molecule has 0 aliphatic heterocycles. The van der Waals surface area contributed by atoms with E-state index >= 15 is 0 Å². The summed E-state index contributed by atoms with van der Waals surface area (Å²) in [4.78, 5) is 27.7. The van der Waals surface area contributed by atoms with E-state index in [1.807, 2.05) is 27.1 Å². The van der Waals surface area contributed by atoms with Gasteiger partial charge in [-0.15, -0.1) is 0 Å². The van der Waals surface area contributed by atoms with Crippen LogP contribution < -0.4 is 5.32 Å². The number of methoxy groups -OCH3 is 1. The predicted octanol–water partition coefficient (Wildman–Crippen LogP) is 1.30. The first-order valence-corrected chi connectivity index (χ1v) is 6.33. The van der Waals surface area contributed by atoms with Crippen LogP contribution in [-0.2, 0) is 23.0 Å². The van der Waals surface area contributed by atoms with Gasteiger partial charge in [0, 0.05) is 25.6 Å². The quantitative estimate of drug-likeness (QED) is 0.843. The van der Waals surface area contributed by atoms with Crippen LogP contribution in [0.5, 0.6) is 0 Å². The Labute approximate surface area is 113 Å². The average molecular weight is 267 g/mol. The molecule has 6 heteroatoms. The number of alkyl carbamates (subject to hydrolysis) is 1. The second kappa shape index (κ2) is 6.92. The lowest BCUT2D eigenvalue weighted by Gasteiger charge is -2.19. The predicted molar refractivity (Wildman–Crippen MR) is 70.7 cm³/mol. The van der Waals surface area contributed by atoms with Gasteiger partial charge >= 0.3 is 6.09 Å². The minimum Gasteiger partial charge on any atom is -0.453 e. The molecule has 2 atom stereocenters. The highest BCUT2D eigenvalue weighted by atomic mass is 16.5. The van der Waals surface area contributed by atoms with Crippen LogP contribution in [0.4, 0.5) is 4.79 Å². The number of imidazole rings is 1. The third kappa shape index (κ3) is 4.39. The number of hydrogen-bond donors (Lipinski definition) is 1. The molecule has 6 nitrogen and oxygen atoms in total. The molecule has 0 radical (unpaired) electrons. The van der Waals surface area contributed by atoms with E-state index in [-0.39, 0.29) is 11.7 Å². The molecule has 0 bridgehead atoms. The van der Waals surface area contributed by atoms with E-state index in [4.69, 9.17) is 0 Å². The number of Topliss-reactive ketones (excluding diaryl/α,β-unsaturated/α-hetero) is 1. The van der Waals surface area contributed by atoms with Crippen molar-refractivity contribution in [3.05, 3.63) is 18.2 Å². The molecular formula is C13H21N3O3. The summed E-state index contributed by atoms with van der Waals surface area (Å²) in [5.74, 6) is -0.107. The second-order valence-corrected chi connectivity index (χ2v) is 4.63. The van der Waals surface area contributed by atoms with Crippen LogP contribution in [0, 0.1) is 5.92 Å². The van der Waals surface area contributed by atoms with Crippen molar-refractivity contribution in [3.8, 4) is 0 Å². The third-order valence-corrected chi connectivity index (χ3v) is 3.09. The molecule has 1 aromatic rings. The van der Waals surface area contributed by atoms with Gasteiger partial charge in [0.1, 0.15) is 0 Å². The number of amides is 1. The van der Waals surface area contributed by atoms with Gasteiger partial charge in [0.15, 0.2) is 5.78 Å². The smallest absolute Gasteiger partial charge is 0.407 e. The maximum atomic E-state index is 12.2. The monoisotopic (exact) mass is 267 g/mol. The fourth-order valence-electron chi connectivity index (χ4n) is 1.75. The molecular weight excluding hydrogens is 246 g/mol. The van der Waals surface area contributed by atoms with Gasteiger partial charge in [0.05, 0.1) is 25.2 Å². The zero-order chi connectivity index (χ0) is 14.4. The van der Waals surface area contributed by atoms with Crippen molar-refractivity contribution >= 4 is 11.9 Å². The molecule has 1 aromatic heterocycles. The highest BCUT2D eigenvalue weighted by molar-refractivity contribution is 5.89. The number of aromatic nitrogens is 2. The number of carbonyl (C=O) groups excluding carboxylic acids is 2. The van der Waals surface area contributed by atoms with Gasteiger partial charge in [0.2, 0.25) is 0 Å². The van der Waals surface area contributed by atoms with Gasteiger partial charge < -0.3 is 14.6 Å². The molecule has 1 rings (SSSR count). The maximum absolute atomic E-state index is 12.2. The number of nitrogens with zero attached hydrogens (tertiary/aromatic N) is 2. The summed E-state index contributed by atoms with van der Waals surface area (Å²) >= 11 is 0. The van der Waals surface area contributed by atoms with E-state index in [1.165, 1.54) is 7.11 Å². The van der Waals surface area contributed by atoms with Gasteiger partial charge in [-0.25, -0.2) is 9.78 Å². The number of rotatable bonds is 6. The molecule has 1 N–H and O–H groups in total. The van der Waals surface area contributed by atoms with Crippen molar-refractivity contribution < 1.29 is 14.3 Å². The average Bonchev–Trinajstić information content (AvgIpc) is 2.81. The Balaban J connectivity index is 2.79. The first-order chi connectivity index (χ1) is 8.97. The lowest BCUT2D eigenvalue weighted by Crippen LogP contribution is -2.44. The SMILES string of the molecule is CCC(C)C(=O)[C@H](Cc1cn(C)cn1)NC(=O)OC. The molecule has 0 aromatic carbocycles. The van der Waals surface area contributed by atoms with Crippen molar-refractivity contribution in [1.82, 2.24) is 14.9 Å². The molecule has 0 spiro atoms. The summed E-state index contributed by atoms with van der Waals surface area (Å²) in [6.45, 7) is 3.80. The Bertz CT molecular complexity index is 442. The molecule has 0 fully saturated rings. The van der Waals surface area contributed by atoms with E-state index in [0.29, 0.717) is 6.42 Å². The summed E-state index contributed by atoms with van der Waals surface area (Å²) in [5.41, 5.74) is 0.764. The summed E-state index contributed by atoms with van der Waals surface area (Å²) < 4.78 is 6.36. The second-order valence-electron chi connectivity index (χ2n) is 4.63. The van der Waals surface area contributed by atoms with Crippen molar-refractivity contribution in [1.29, 1.82) is 0 Å². The van der Waals surface area contributed by atoms with Crippen LogP contribution in [0.25, 0.3) is 0 Å². The topological polar surface area (TPSA) is 73.2 Å². The van der Waals surface area contributed by atoms with E-state index < -0.39 is 12.1 Å². The summed E-state index contributed by atoms with van der Waals surface area (Å²) in [6, 6.07) is -0.600. The number of nitrogens with one attached hydrogen (secondary N) is 1. The Morgan fingerprint density at radius 2 is 2.21 bits per heavy atom. The largest absolute Gasteiger partial charge is 0.453 e. The highest BCUT2D eigenvalue weighted by Crippen LogP contribution is 2.10. The Kier molecular flexibility index (Phi) is 5.54. The van der Waals surface area contributed by atoms with Crippen molar-refractivity contribution in [3.63, 3.8) is 0 Å². The van der Waals surface area contributed by atoms with Crippen LogP contribution in [0.15, 0.2) is 12.5 Å². The molecule has 1 amide bonds. The lowest BCUT2D eigenvalue weighted by molar-refractivity contribution is -0.124. The fraction of sp³-hybridized carbons (Fsp3) is 0.615. The Morgan fingerprint density at radius 1 is 1.53 bits per heavy atom. The lowest BCUT2D eigenvalue weighted by atomic mass is 9.95. The standard InChI is InChI=1S/C13H21N3O3/c1-5-9(2)12(17)11(15-13(18)19-4)6-10-7-16(3)8-14-10/h7-9,11H,5-6H2,1-4H3,(H,15,18)/t9?,11-/m0/s1. The van der Waals surface area contributed by atoms with Crippen molar-refractivity contribution in [2.24, 2.45) is 13.0 Å². The van der Waals surface area contributed by atoms with E-state index in [0.717, 1.165) is 12.1 Å². The molecule has 19 heavy (non-hydrogen) atoms. The molecule has 0 saturated heterocycles. The zero-order valence-electron chi connectivity index (χ0n) is 11.8. The number of hydrogen-bond acceptors (Lipinski definition) is 4. The van der Waals surface area contributed by atoms with E-state index in [2.05, 4.69) is 15.0 Å². The van der Waals surface area contributed by atoms with Crippen molar-refractivity contribution in [2.75, 3.05) is 7.11 Å². The highest BCUT2D eigenvalue weighted by Gasteiger charge is 2.25. The first-order valence-electron chi connectivity index (χ1n) is 6.33. The van der Waals surface area contributed by atoms with Gasteiger partial charge in [-0.3, -0.25) is 4.79 Å². The van der Waals surface area contributed by atoms with Gasteiger partial charge in [-0.1, -0.05) is 13.8 Å². The first kappa shape index (κ1) is 15.2. The van der Waals surface area contributed by atoms with Crippen LogP contribution in [0.3, 0.4) is 0 Å². The third-order valence-electron chi connectivity index (χ3n) is 3.09. The van der Waals surface area contributed by atoms with Gasteiger partial charge in [0.25, 0.3) is 0 Å². The molecule has 0 aliphatic rings. The van der Waals surface area contributed by atoms with Crippen LogP contribution in [-0.4, -0.2) is 34.6 Å². The summed E-state index contributed by atoms with van der Waals surface area (Å²) in [7, 11) is 3.14. The van der Waals surface area contributed by atoms with Gasteiger partial charge in [-0.2, -0.15) is 0 Å². The van der Waals surface area contributed by atoms with Crippen LogP contribution in [0.1, 0.15) is 26.0 Å². The Morgan fingerprint density at radius 3 is 2.68 bits per heavy atom. The van der Waals surface area contributed by atoms with E-state index in [1.54, 1.807) is 10.9 Å². The minimum atomic E-state index is -0.600. The summed E-state index contributed by atoms with van der Waals surface area (Å²) in [5, 5.41) is 2.58. The number of ether oxygens (including phenoxy) is 1. The number of aryl methyl sites for hydroxylation is 1. The van der Waals surface area contributed by atoms with E-state index in [9.17, 15) is 9.59 Å². The normalized spacial score (nSPS) is 13.7. The number of carbonyl (C=O) groups is 2. The maximum Gasteiger partial charge on any atom is 0.407 e. The van der Waals surface area contributed by atoms with Crippen LogP contribution in [0.2, 0.25) is 0 Å². The Hall–Kier alpha value is -1.85. The molecule has 0 aliphatic carbocycles. The minimum absolute atomic E-state index is 0.00134.